The van der Waals surface area contributed by atoms with Gasteiger partial charge in [0, 0.05) is 28.9 Å². The minimum absolute atomic E-state index is 0.0763. The molecule has 186 valence electrons. The fourth-order valence-corrected chi connectivity index (χ4v) is 4.58. The predicted octanol–water partition coefficient (Wildman–Crippen LogP) is 5.47. The summed E-state index contributed by atoms with van der Waals surface area (Å²) in [5.41, 5.74) is 2.56. The zero-order valence-corrected chi connectivity index (χ0v) is 21.3. The molecule has 0 aliphatic carbocycles. The molecule has 35 heavy (non-hydrogen) atoms. The Morgan fingerprint density at radius 3 is 2.57 bits per heavy atom. The summed E-state index contributed by atoms with van der Waals surface area (Å²) in [7, 11) is 0. The van der Waals surface area contributed by atoms with Gasteiger partial charge in [-0.05, 0) is 64.4 Å². The Labute approximate surface area is 209 Å². The number of aromatic nitrogens is 3. The average molecular weight is 500 g/mol. The van der Waals surface area contributed by atoms with E-state index in [1.165, 1.54) is 0 Å². The van der Waals surface area contributed by atoms with Crippen LogP contribution in [-0.4, -0.2) is 39.1 Å². The molecule has 1 amide bonds. The molecule has 0 spiro atoms. The Balaban J connectivity index is 1.53. The van der Waals surface area contributed by atoms with Gasteiger partial charge in [-0.1, -0.05) is 23.7 Å². The minimum Gasteiger partial charge on any atom is -0.373 e. The van der Waals surface area contributed by atoms with Crippen molar-refractivity contribution in [2.24, 2.45) is 5.92 Å². The van der Waals surface area contributed by atoms with E-state index in [4.69, 9.17) is 16.3 Å². The molecule has 1 aromatic carbocycles. The van der Waals surface area contributed by atoms with Crippen LogP contribution in [0.25, 0.3) is 11.3 Å². The summed E-state index contributed by atoms with van der Waals surface area (Å²) in [5.74, 6) is -1.62. The van der Waals surface area contributed by atoms with Gasteiger partial charge in [0.05, 0.1) is 35.6 Å². The van der Waals surface area contributed by atoms with Crippen molar-refractivity contribution in [2.75, 3.05) is 11.9 Å². The number of nitrogens with zero attached hydrogens (tertiary/aromatic N) is 2. The molecule has 4 atom stereocenters. The number of H-pyrrole nitrogens is 1. The summed E-state index contributed by atoms with van der Waals surface area (Å²) in [4.78, 5) is 24.6. The molecule has 2 unspecified atom stereocenters. The minimum atomic E-state index is -0.756. The highest BCUT2D eigenvalue weighted by molar-refractivity contribution is 6.30. The van der Waals surface area contributed by atoms with Crippen molar-refractivity contribution >= 4 is 23.5 Å². The van der Waals surface area contributed by atoms with Crippen molar-refractivity contribution in [3.63, 3.8) is 0 Å². The molecule has 0 radical (unpaired) electrons. The molecular formula is C26H31ClFN5O2. The summed E-state index contributed by atoms with van der Waals surface area (Å²) in [5, 5.41) is 6.73. The van der Waals surface area contributed by atoms with Gasteiger partial charge in [-0.2, -0.15) is 0 Å². The molecule has 3 heterocycles. The maximum atomic E-state index is 14.9. The van der Waals surface area contributed by atoms with E-state index in [1.807, 2.05) is 71.0 Å². The van der Waals surface area contributed by atoms with Crippen molar-refractivity contribution in [1.29, 1.82) is 0 Å². The molecule has 4 rings (SSSR count). The van der Waals surface area contributed by atoms with Gasteiger partial charge >= 0.3 is 0 Å². The first-order valence-electron chi connectivity index (χ1n) is 11.7. The molecule has 0 bridgehead atoms. The van der Waals surface area contributed by atoms with Gasteiger partial charge in [-0.25, -0.2) is 14.4 Å². The van der Waals surface area contributed by atoms with E-state index in [2.05, 4.69) is 25.6 Å². The number of nitrogens with one attached hydrogen (secondary N) is 3. The smallest absolute Gasteiger partial charge is 0.229 e. The van der Waals surface area contributed by atoms with E-state index < -0.39 is 11.7 Å². The number of hydrogen-bond acceptors (Lipinski definition) is 5. The fraction of sp³-hybridized carbons (Fsp3) is 0.423. The number of benzene rings is 1. The third-order valence-corrected chi connectivity index (χ3v) is 6.36. The first-order chi connectivity index (χ1) is 16.5. The van der Waals surface area contributed by atoms with Crippen LogP contribution in [0.5, 0.6) is 0 Å². The summed E-state index contributed by atoms with van der Waals surface area (Å²) in [6.45, 7) is 10.1. The van der Waals surface area contributed by atoms with Crippen LogP contribution in [0, 0.1) is 11.7 Å². The van der Waals surface area contributed by atoms with E-state index in [9.17, 15) is 9.18 Å². The normalized spacial score (nSPS) is 19.9. The van der Waals surface area contributed by atoms with Crippen LogP contribution in [0.1, 0.15) is 58.0 Å². The Hall–Kier alpha value is -2.97. The molecule has 7 nitrogen and oxygen atoms in total. The lowest BCUT2D eigenvalue weighted by Gasteiger charge is -2.30. The van der Waals surface area contributed by atoms with Crippen LogP contribution >= 0.6 is 11.6 Å². The SMILES string of the molecule is CC(Nc1ncc(F)c(C2C(=O)NC[C@@H]2[C@@H](C)OC(C)(C)C)n1)c1ccc(-c2ccc(Cl)cc2)[nH]1. The second kappa shape index (κ2) is 9.95. The standard InChI is InChI=1S/C26H31ClFN5O2/c1-14(20-10-11-21(32-20)16-6-8-17(27)9-7-16)31-25-30-13-19(28)23(33-25)22-18(12-29-24(22)34)15(2)35-26(3,4)5/h6-11,13-15,18,22,32H,12H2,1-5H3,(H,29,34)(H,30,31,33)/t14?,15-,18-,22?/m1/s1. The molecule has 1 aliphatic rings. The number of anilines is 1. The number of ether oxygens (including phenoxy) is 1. The first kappa shape index (κ1) is 25.1. The topological polar surface area (TPSA) is 91.9 Å². The highest BCUT2D eigenvalue weighted by Crippen LogP contribution is 2.35. The Kier molecular flexibility index (Phi) is 7.15. The van der Waals surface area contributed by atoms with Crippen molar-refractivity contribution in [3.8, 4) is 11.3 Å². The van der Waals surface area contributed by atoms with Gasteiger partial charge in [0.25, 0.3) is 0 Å². The lowest BCUT2D eigenvalue weighted by Crippen LogP contribution is -2.34. The lowest BCUT2D eigenvalue weighted by molar-refractivity contribution is -0.122. The zero-order valence-electron chi connectivity index (χ0n) is 20.5. The second-order valence-electron chi connectivity index (χ2n) is 9.95. The van der Waals surface area contributed by atoms with Crippen molar-refractivity contribution in [2.45, 2.75) is 58.3 Å². The van der Waals surface area contributed by atoms with Crippen LogP contribution < -0.4 is 10.6 Å². The zero-order chi connectivity index (χ0) is 25.3. The maximum Gasteiger partial charge on any atom is 0.229 e. The highest BCUT2D eigenvalue weighted by Gasteiger charge is 2.43. The number of hydrogen-bond donors (Lipinski definition) is 3. The van der Waals surface area contributed by atoms with Crippen LogP contribution in [0.2, 0.25) is 5.02 Å². The van der Waals surface area contributed by atoms with E-state index in [-0.39, 0.29) is 41.2 Å². The van der Waals surface area contributed by atoms with E-state index >= 15 is 0 Å². The predicted molar refractivity (Wildman–Crippen MR) is 135 cm³/mol. The van der Waals surface area contributed by atoms with Gasteiger partial charge in [-0.3, -0.25) is 4.79 Å². The Morgan fingerprint density at radius 2 is 1.89 bits per heavy atom. The molecule has 1 saturated heterocycles. The lowest BCUT2D eigenvalue weighted by atomic mass is 9.87. The van der Waals surface area contributed by atoms with Gasteiger partial charge in [0.2, 0.25) is 11.9 Å². The van der Waals surface area contributed by atoms with E-state index in [0.717, 1.165) is 23.1 Å². The number of rotatable bonds is 7. The van der Waals surface area contributed by atoms with Gasteiger partial charge in [0.15, 0.2) is 5.82 Å². The number of amides is 1. The molecule has 9 heteroatoms. The van der Waals surface area contributed by atoms with Gasteiger partial charge in [-0.15, -0.1) is 0 Å². The van der Waals surface area contributed by atoms with E-state index in [1.54, 1.807) is 0 Å². The number of aromatic amines is 1. The second-order valence-corrected chi connectivity index (χ2v) is 10.4. The fourth-order valence-electron chi connectivity index (χ4n) is 4.45. The average Bonchev–Trinajstić information content (AvgIpc) is 3.42. The van der Waals surface area contributed by atoms with Crippen LogP contribution in [0.4, 0.5) is 10.3 Å². The highest BCUT2D eigenvalue weighted by atomic mass is 35.5. The van der Waals surface area contributed by atoms with Gasteiger partial charge in [0.1, 0.15) is 0 Å². The molecule has 1 fully saturated rings. The number of carbonyl (C=O) groups is 1. The van der Waals surface area contributed by atoms with Crippen LogP contribution in [0.15, 0.2) is 42.6 Å². The molecule has 3 N–H and O–H groups in total. The Bertz CT molecular complexity index is 1190. The summed E-state index contributed by atoms with van der Waals surface area (Å²) >= 11 is 5.99. The van der Waals surface area contributed by atoms with Crippen LogP contribution in [0.3, 0.4) is 0 Å². The van der Waals surface area contributed by atoms with Crippen LogP contribution in [-0.2, 0) is 9.53 Å². The summed E-state index contributed by atoms with van der Waals surface area (Å²) < 4.78 is 20.9. The quantitative estimate of drug-likeness (QED) is 0.401. The van der Waals surface area contributed by atoms with Gasteiger partial charge < -0.3 is 20.4 Å². The largest absolute Gasteiger partial charge is 0.373 e. The number of halogens is 2. The van der Waals surface area contributed by atoms with E-state index in [0.29, 0.717) is 11.6 Å². The molecule has 1 aliphatic heterocycles. The maximum absolute atomic E-state index is 14.9. The van der Waals surface area contributed by atoms with Crippen molar-refractivity contribution < 1.29 is 13.9 Å². The summed E-state index contributed by atoms with van der Waals surface area (Å²) in [6.07, 6.45) is 0.845. The van der Waals surface area contributed by atoms with Crippen molar-refractivity contribution in [1.82, 2.24) is 20.3 Å². The molecule has 0 saturated carbocycles. The molecule has 2 aromatic heterocycles. The van der Waals surface area contributed by atoms with Crippen molar-refractivity contribution in [3.05, 3.63) is 64.8 Å². The molecular weight excluding hydrogens is 469 g/mol. The monoisotopic (exact) mass is 499 g/mol. The summed E-state index contributed by atoms with van der Waals surface area (Å²) in [6, 6.07) is 11.3. The third kappa shape index (κ3) is 5.82. The molecule has 3 aromatic rings. The number of carbonyl (C=O) groups excluding carboxylic acids is 1. The first-order valence-corrected chi connectivity index (χ1v) is 12.1. The Morgan fingerprint density at radius 1 is 1.17 bits per heavy atom. The third-order valence-electron chi connectivity index (χ3n) is 6.11.